The van der Waals surface area contributed by atoms with Gasteiger partial charge in [0.2, 0.25) is 0 Å². The van der Waals surface area contributed by atoms with E-state index in [2.05, 4.69) is 15.1 Å². The zero-order chi connectivity index (χ0) is 10.8. The first-order valence-corrected chi connectivity index (χ1v) is 7.12. The van der Waals surface area contributed by atoms with E-state index in [0.717, 1.165) is 12.1 Å². The molecule has 1 N–H and O–H groups in total. The largest absolute Gasteiger partial charge is 0.317 e. The molecule has 0 aromatic carbocycles. The fourth-order valence-electron chi connectivity index (χ4n) is 3.74. The van der Waals surface area contributed by atoms with Gasteiger partial charge < -0.3 is 5.32 Å². The van der Waals surface area contributed by atoms with Crippen LogP contribution in [0.5, 0.6) is 0 Å². The van der Waals surface area contributed by atoms with Crippen LogP contribution in [0.1, 0.15) is 32.1 Å². The zero-order valence-corrected chi connectivity index (χ0v) is 10.3. The van der Waals surface area contributed by atoms with Crippen LogP contribution in [0.2, 0.25) is 0 Å². The van der Waals surface area contributed by atoms with Gasteiger partial charge in [0, 0.05) is 18.6 Å². The van der Waals surface area contributed by atoms with Crippen molar-refractivity contribution in [3.63, 3.8) is 0 Å². The maximum Gasteiger partial charge on any atom is 0.0223 e. The Morgan fingerprint density at radius 3 is 2.38 bits per heavy atom. The molecule has 16 heavy (non-hydrogen) atoms. The highest BCUT2D eigenvalue weighted by atomic mass is 15.3. The van der Waals surface area contributed by atoms with E-state index in [0.29, 0.717) is 0 Å². The molecule has 3 heteroatoms. The number of nitrogens with one attached hydrogen (secondary N) is 1. The van der Waals surface area contributed by atoms with Crippen LogP contribution in [-0.2, 0) is 0 Å². The van der Waals surface area contributed by atoms with Crippen LogP contribution in [0.15, 0.2) is 0 Å². The van der Waals surface area contributed by atoms with Gasteiger partial charge in [0.1, 0.15) is 0 Å². The molecule has 0 saturated carbocycles. The maximum absolute atomic E-state index is 3.48. The Kier molecular flexibility index (Phi) is 3.46. The van der Waals surface area contributed by atoms with E-state index >= 15 is 0 Å². The summed E-state index contributed by atoms with van der Waals surface area (Å²) in [5.74, 6) is 0. The highest BCUT2D eigenvalue weighted by Crippen LogP contribution is 2.24. The highest BCUT2D eigenvalue weighted by molar-refractivity contribution is 4.88. The lowest BCUT2D eigenvalue weighted by molar-refractivity contribution is 0.146. The second-order valence-electron chi connectivity index (χ2n) is 5.66. The van der Waals surface area contributed by atoms with Crippen LogP contribution in [0.3, 0.4) is 0 Å². The molecule has 3 aliphatic rings. The quantitative estimate of drug-likeness (QED) is 0.713. The van der Waals surface area contributed by atoms with Gasteiger partial charge in [0.15, 0.2) is 0 Å². The predicted octanol–water partition coefficient (Wildman–Crippen LogP) is 0.909. The van der Waals surface area contributed by atoms with Crippen molar-refractivity contribution in [1.29, 1.82) is 0 Å². The Bertz CT molecular complexity index is 225. The van der Waals surface area contributed by atoms with Gasteiger partial charge in [0.05, 0.1) is 0 Å². The fraction of sp³-hybridized carbons (Fsp3) is 1.00. The molecule has 1 atom stereocenters. The van der Waals surface area contributed by atoms with Crippen molar-refractivity contribution in [2.75, 3.05) is 39.3 Å². The maximum atomic E-state index is 3.48. The van der Waals surface area contributed by atoms with Crippen LogP contribution in [0.25, 0.3) is 0 Å². The third-order valence-corrected chi connectivity index (χ3v) is 4.66. The molecule has 0 aromatic rings. The number of rotatable bonds is 1. The minimum atomic E-state index is 0.877. The van der Waals surface area contributed by atoms with Gasteiger partial charge in [0.25, 0.3) is 0 Å². The summed E-state index contributed by atoms with van der Waals surface area (Å²) in [4.78, 5) is 5.54. The summed E-state index contributed by atoms with van der Waals surface area (Å²) in [5, 5.41) is 3.48. The third kappa shape index (κ3) is 2.27. The molecule has 3 rings (SSSR count). The lowest BCUT2D eigenvalue weighted by Gasteiger charge is -2.35. The number of nitrogens with zero attached hydrogens (tertiary/aromatic N) is 2. The number of piperidine rings is 1. The van der Waals surface area contributed by atoms with Crippen LogP contribution in [-0.4, -0.2) is 61.2 Å². The first-order valence-electron chi connectivity index (χ1n) is 7.12. The summed E-state index contributed by atoms with van der Waals surface area (Å²) in [7, 11) is 0. The van der Waals surface area contributed by atoms with Crippen LogP contribution < -0.4 is 5.32 Å². The van der Waals surface area contributed by atoms with E-state index in [1.165, 1.54) is 71.4 Å². The monoisotopic (exact) mass is 223 g/mol. The van der Waals surface area contributed by atoms with Crippen molar-refractivity contribution >= 4 is 0 Å². The van der Waals surface area contributed by atoms with Crippen LogP contribution in [0, 0.1) is 0 Å². The minimum Gasteiger partial charge on any atom is -0.317 e. The van der Waals surface area contributed by atoms with Crippen molar-refractivity contribution in [1.82, 2.24) is 15.1 Å². The average molecular weight is 223 g/mol. The Balaban J connectivity index is 1.61. The topological polar surface area (TPSA) is 18.5 Å². The lowest BCUT2D eigenvalue weighted by atomic mass is 10.0. The second kappa shape index (κ2) is 5.03. The van der Waals surface area contributed by atoms with Crippen molar-refractivity contribution < 1.29 is 0 Å². The molecule has 0 amide bonds. The van der Waals surface area contributed by atoms with E-state index in [1.54, 1.807) is 0 Å². The minimum absolute atomic E-state index is 0.877. The van der Waals surface area contributed by atoms with Gasteiger partial charge in [-0.15, -0.1) is 0 Å². The number of fused-ring (bicyclic) bond motifs is 1. The summed E-state index contributed by atoms with van der Waals surface area (Å²) >= 11 is 0. The molecule has 3 fully saturated rings. The molecular formula is C13H25N3. The van der Waals surface area contributed by atoms with Gasteiger partial charge in [-0.3, -0.25) is 9.80 Å². The molecule has 1 unspecified atom stereocenters. The first kappa shape index (κ1) is 11.0. The van der Waals surface area contributed by atoms with Crippen molar-refractivity contribution in [2.24, 2.45) is 0 Å². The molecule has 3 saturated heterocycles. The molecule has 3 aliphatic heterocycles. The summed E-state index contributed by atoms with van der Waals surface area (Å²) in [6.07, 6.45) is 7.01. The average Bonchev–Trinajstić information content (AvgIpc) is 2.68. The summed E-state index contributed by atoms with van der Waals surface area (Å²) in [5.41, 5.74) is 0. The molecule has 0 spiro atoms. The molecule has 0 aromatic heterocycles. The summed E-state index contributed by atoms with van der Waals surface area (Å²) < 4.78 is 0. The van der Waals surface area contributed by atoms with Gasteiger partial charge >= 0.3 is 0 Å². The van der Waals surface area contributed by atoms with Crippen molar-refractivity contribution in [2.45, 2.75) is 44.2 Å². The Morgan fingerprint density at radius 1 is 0.750 bits per heavy atom. The molecule has 0 aliphatic carbocycles. The SMILES string of the molecule is C1CC2CN(C3CCNCC3)CCCN2C1. The van der Waals surface area contributed by atoms with Crippen LogP contribution >= 0.6 is 0 Å². The Hall–Kier alpha value is -0.120. The van der Waals surface area contributed by atoms with Gasteiger partial charge in [-0.25, -0.2) is 0 Å². The summed E-state index contributed by atoms with van der Waals surface area (Å²) in [6.45, 7) is 7.88. The molecule has 3 nitrogen and oxygen atoms in total. The third-order valence-electron chi connectivity index (χ3n) is 4.66. The van der Waals surface area contributed by atoms with Gasteiger partial charge in [-0.1, -0.05) is 0 Å². The number of hydrogen-bond acceptors (Lipinski definition) is 3. The molecule has 92 valence electrons. The second-order valence-corrected chi connectivity index (χ2v) is 5.66. The highest BCUT2D eigenvalue weighted by Gasteiger charge is 2.31. The molecular weight excluding hydrogens is 198 g/mol. The van der Waals surface area contributed by atoms with Crippen LogP contribution in [0.4, 0.5) is 0 Å². The molecule has 0 bridgehead atoms. The van der Waals surface area contributed by atoms with E-state index in [1.807, 2.05) is 0 Å². The Morgan fingerprint density at radius 2 is 1.50 bits per heavy atom. The van der Waals surface area contributed by atoms with E-state index < -0.39 is 0 Å². The lowest BCUT2D eigenvalue weighted by Crippen LogP contribution is -2.46. The van der Waals surface area contributed by atoms with Crippen molar-refractivity contribution in [3.8, 4) is 0 Å². The van der Waals surface area contributed by atoms with E-state index in [-0.39, 0.29) is 0 Å². The smallest absolute Gasteiger partial charge is 0.0223 e. The van der Waals surface area contributed by atoms with E-state index in [9.17, 15) is 0 Å². The predicted molar refractivity (Wildman–Crippen MR) is 66.7 cm³/mol. The Labute approximate surface area is 99.2 Å². The van der Waals surface area contributed by atoms with Gasteiger partial charge in [-0.2, -0.15) is 0 Å². The standard InChI is InChI=1S/C13H25N3/c1-3-13-11-16(10-2-9-15(13)8-1)12-4-6-14-7-5-12/h12-14H,1-11H2. The van der Waals surface area contributed by atoms with Gasteiger partial charge in [-0.05, 0) is 64.8 Å². The summed E-state index contributed by atoms with van der Waals surface area (Å²) in [6, 6.07) is 1.76. The number of hydrogen-bond donors (Lipinski definition) is 1. The van der Waals surface area contributed by atoms with E-state index in [4.69, 9.17) is 0 Å². The zero-order valence-electron chi connectivity index (χ0n) is 10.3. The molecule has 3 heterocycles. The fourth-order valence-corrected chi connectivity index (χ4v) is 3.74. The first-order chi connectivity index (χ1) is 7.93. The van der Waals surface area contributed by atoms with Crippen molar-refractivity contribution in [3.05, 3.63) is 0 Å². The molecule has 0 radical (unpaired) electrons. The normalized spacial score (nSPS) is 34.9.